The van der Waals surface area contributed by atoms with E-state index in [9.17, 15) is 9.18 Å². The van der Waals surface area contributed by atoms with Crippen molar-refractivity contribution in [2.75, 3.05) is 21.0 Å². The molecule has 7 heteroatoms. The van der Waals surface area contributed by atoms with E-state index < -0.39 is 5.82 Å². The van der Waals surface area contributed by atoms with Crippen molar-refractivity contribution in [3.63, 3.8) is 0 Å². The molecule has 0 spiro atoms. The number of hydrogen-bond donors (Lipinski definition) is 0. The standard InChI is InChI=1S/C25H25FO6/c1-4-25(27)32-20-7-5-6-17(12-20)15-30-19-8-10-21(24(14-19)31-16-28-2)22-13-18(29-3)9-11-23(22)26/h5-14H,4,15-16H2,1-3H3. The van der Waals surface area contributed by atoms with Gasteiger partial charge in [0, 0.05) is 30.7 Å². The third kappa shape index (κ3) is 5.98. The molecule has 6 nitrogen and oxygen atoms in total. The summed E-state index contributed by atoms with van der Waals surface area (Å²) in [4.78, 5) is 11.5. The first kappa shape index (κ1) is 23.1. The maximum absolute atomic E-state index is 14.5. The van der Waals surface area contributed by atoms with Gasteiger partial charge in [-0.05, 0) is 48.0 Å². The summed E-state index contributed by atoms with van der Waals surface area (Å²) in [6.07, 6.45) is 0.297. The number of ether oxygens (including phenoxy) is 5. The molecule has 0 saturated carbocycles. The van der Waals surface area contributed by atoms with Crippen LogP contribution in [0.4, 0.5) is 4.39 Å². The van der Waals surface area contributed by atoms with Crippen LogP contribution in [0.25, 0.3) is 11.1 Å². The summed E-state index contributed by atoms with van der Waals surface area (Å²) in [6.45, 7) is 1.97. The van der Waals surface area contributed by atoms with Crippen LogP contribution in [0, 0.1) is 5.82 Å². The van der Waals surface area contributed by atoms with Gasteiger partial charge in [0.05, 0.1) is 7.11 Å². The SMILES string of the molecule is CCC(=O)Oc1cccc(COc2ccc(-c3cc(OC)ccc3F)c(OCOC)c2)c1. The van der Waals surface area contributed by atoms with Crippen LogP contribution in [0.3, 0.4) is 0 Å². The molecule has 168 valence electrons. The lowest BCUT2D eigenvalue weighted by Gasteiger charge is -2.15. The predicted octanol–water partition coefficient (Wildman–Crippen LogP) is 5.38. The summed E-state index contributed by atoms with van der Waals surface area (Å²) >= 11 is 0. The Kier molecular flexibility index (Phi) is 8.05. The minimum atomic E-state index is -0.403. The van der Waals surface area contributed by atoms with Gasteiger partial charge >= 0.3 is 5.97 Å². The highest BCUT2D eigenvalue weighted by atomic mass is 19.1. The quantitative estimate of drug-likeness (QED) is 0.240. The molecule has 0 radical (unpaired) electrons. The zero-order valence-corrected chi connectivity index (χ0v) is 18.2. The van der Waals surface area contributed by atoms with Crippen LogP contribution < -0.4 is 18.9 Å². The van der Waals surface area contributed by atoms with E-state index in [1.807, 2.05) is 6.07 Å². The number of methoxy groups -OCH3 is 2. The van der Waals surface area contributed by atoms with E-state index in [1.165, 1.54) is 20.3 Å². The monoisotopic (exact) mass is 440 g/mol. The van der Waals surface area contributed by atoms with E-state index >= 15 is 0 Å². The van der Waals surface area contributed by atoms with Crippen molar-refractivity contribution < 1.29 is 32.9 Å². The lowest BCUT2D eigenvalue weighted by Crippen LogP contribution is -2.06. The fourth-order valence-electron chi connectivity index (χ4n) is 2.96. The normalized spacial score (nSPS) is 10.5. The number of halogens is 1. The molecule has 0 atom stereocenters. The van der Waals surface area contributed by atoms with Gasteiger partial charge in [-0.25, -0.2) is 4.39 Å². The Morgan fingerprint density at radius 3 is 2.44 bits per heavy atom. The highest BCUT2D eigenvalue weighted by Gasteiger charge is 2.14. The molecule has 0 fully saturated rings. The van der Waals surface area contributed by atoms with Gasteiger partial charge in [-0.2, -0.15) is 0 Å². The molecule has 3 aromatic carbocycles. The zero-order chi connectivity index (χ0) is 22.9. The molecular formula is C25H25FO6. The van der Waals surface area contributed by atoms with Crippen LogP contribution in [0.1, 0.15) is 18.9 Å². The molecule has 3 rings (SSSR count). The van der Waals surface area contributed by atoms with Gasteiger partial charge in [0.1, 0.15) is 35.4 Å². The van der Waals surface area contributed by atoms with E-state index in [0.717, 1.165) is 5.56 Å². The van der Waals surface area contributed by atoms with Crippen LogP contribution in [-0.4, -0.2) is 27.0 Å². The minimum absolute atomic E-state index is 0.00706. The summed E-state index contributed by atoms with van der Waals surface area (Å²) in [5.74, 6) is 1.22. The number of hydrogen-bond acceptors (Lipinski definition) is 6. The number of carbonyl (C=O) groups is 1. The third-order valence-electron chi connectivity index (χ3n) is 4.57. The molecular weight excluding hydrogens is 415 g/mol. The van der Waals surface area contributed by atoms with Crippen molar-refractivity contribution in [1.82, 2.24) is 0 Å². The number of rotatable bonds is 10. The average Bonchev–Trinajstić information content (AvgIpc) is 2.82. The fourth-order valence-corrected chi connectivity index (χ4v) is 2.96. The zero-order valence-electron chi connectivity index (χ0n) is 18.2. The van der Waals surface area contributed by atoms with Crippen molar-refractivity contribution in [2.45, 2.75) is 20.0 Å². The fraction of sp³-hybridized carbons (Fsp3) is 0.240. The van der Waals surface area contributed by atoms with Crippen molar-refractivity contribution >= 4 is 5.97 Å². The molecule has 0 aliphatic heterocycles. The lowest BCUT2D eigenvalue weighted by molar-refractivity contribution is -0.134. The van der Waals surface area contributed by atoms with Gasteiger partial charge in [-0.15, -0.1) is 0 Å². The lowest BCUT2D eigenvalue weighted by atomic mass is 10.0. The molecule has 0 saturated heterocycles. The summed E-state index contributed by atoms with van der Waals surface area (Å²) < 4.78 is 41.5. The van der Waals surface area contributed by atoms with Crippen molar-refractivity contribution in [3.05, 3.63) is 72.0 Å². The Labute approximate surface area is 186 Å². The Hall–Kier alpha value is -3.58. The molecule has 32 heavy (non-hydrogen) atoms. The highest BCUT2D eigenvalue weighted by Crippen LogP contribution is 2.37. The molecule has 0 amide bonds. The second-order valence-corrected chi connectivity index (χ2v) is 6.82. The highest BCUT2D eigenvalue weighted by molar-refractivity contribution is 5.73. The van der Waals surface area contributed by atoms with Gasteiger partial charge in [0.2, 0.25) is 0 Å². The Bertz CT molecular complexity index is 1070. The van der Waals surface area contributed by atoms with Crippen LogP contribution >= 0.6 is 0 Å². The van der Waals surface area contributed by atoms with Crippen LogP contribution in [0.5, 0.6) is 23.0 Å². The van der Waals surface area contributed by atoms with E-state index in [0.29, 0.717) is 40.5 Å². The molecule has 0 aliphatic carbocycles. The van der Waals surface area contributed by atoms with Crippen molar-refractivity contribution in [3.8, 4) is 34.1 Å². The first-order chi connectivity index (χ1) is 15.5. The van der Waals surface area contributed by atoms with Gasteiger partial charge in [-0.3, -0.25) is 4.79 Å². The van der Waals surface area contributed by atoms with Gasteiger partial charge in [-0.1, -0.05) is 19.1 Å². The second kappa shape index (κ2) is 11.2. The molecule has 0 aromatic heterocycles. The first-order valence-corrected chi connectivity index (χ1v) is 10.1. The Balaban J connectivity index is 1.82. The number of esters is 1. The Morgan fingerprint density at radius 2 is 1.69 bits per heavy atom. The predicted molar refractivity (Wildman–Crippen MR) is 118 cm³/mol. The van der Waals surface area contributed by atoms with Gasteiger partial charge < -0.3 is 23.7 Å². The van der Waals surface area contributed by atoms with Crippen molar-refractivity contribution in [2.24, 2.45) is 0 Å². The first-order valence-electron chi connectivity index (χ1n) is 10.1. The van der Waals surface area contributed by atoms with E-state index in [4.69, 9.17) is 23.7 Å². The summed E-state index contributed by atoms with van der Waals surface area (Å²) in [5, 5.41) is 0. The molecule has 0 aliphatic rings. The second-order valence-electron chi connectivity index (χ2n) is 6.82. The smallest absolute Gasteiger partial charge is 0.310 e. The molecule has 3 aromatic rings. The largest absolute Gasteiger partial charge is 0.497 e. The third-order valence-corrected chi connectivity index (χ3v) is 4.57. The summed E-state index contributed by atoms with van der Waals surface area (Å²) in [7, 11) is 3.03. The van der Waals surface area contributed by atoms with Crippen LogP contribution in [0.15, 0.2) is 60.7 Å². The Morgan fingerprint density at radius 1 is 0.875 bits per heavy atom. The minimum Gasteiger partial charge on any atom is -0.497 e. The molecule has 0 unspecified atom stereocenters. The number of carbonyl (C=O) groups excluding carboxylic acids is 1. The summed E-state index contributed by atoms with van der Waals surface area (Å²) in [5.41, 5.74) is 1.71. The maximum Gasteiger partial charge on any atom is 0.310 e. The van der Waals surface area contributed by atoms with E-state index in [-0.39, 0.29) is 19.4 Å². The van der Waals surface area contributed by atoms with Crippen LogP contribution in [-0.2, 0) is 16.1 Å². The van der Waals surface area contributed by atoms with E-state index in [2.05, 4.69) is 0 Å². The molecule has 0 bridgehead atoms. The van der Waals surface area contributed by atoms with E-state index in [1.54, 1.807) is 55.5 Å². The van der Waals surface area contributed by atoms with Crippen molar-refractivity contribution in [1.29, 1.82) is 0 Å². The summed E-state index contributed by atoms with van der Waals surface area (Å²) in [6, 6.07) is 16.7. The molecule has 0 heterocycles. The van der Waals surface area contributed by atoms with Crippen LogP contribution in [0.2, 0.25) is 0 Å². The van der Waals surface area contributed by atoms with Gasteiger partial charge in [0.15, 0.2) is 6.79 Å². The topological polar surface area (TPSA) is 63.2 Å². The number of benzene rings is 3. The maximum atomic E-state index is 14.5. The molecule has 0 N–H and O–H groups in total. The van der Waals surface area contributed by atoms with Gasteiger partial charge in [0.25, 0.3) is 0 Å². The average molecular weight is 440 g/mol.